The Balaban J connectivity index is 1.79. The van der Waals surface area contributed by atoms with Gasteiger partial charge in [0.15, 0.2) is 15.0 Å². The Bertz CT molecular complexity index is 1420. The fourth-order valence-electron chi connectivity index (χ4n) is 4.29. The summed E-state index contributed by atoms with van der Waals surface area (Å²) < 4.78 is 25.1. The first-order valence-corrected chi connectivity index (χ1v) is 13.6. The number of sulfone groups is 1. The van der Waals surface area contributed by atoms with Crippen molar-refractivity contribution in [1.29, 1.82) is 0 Å². The van der Waals surface area contributed by atoms with Crippen molar-refractivity contribution in [2.45, 2.75) is 49.5 Å². The van der Waals surface area contributed by atoms with E-state index >= 15 is 0 Å². The van der Waals surface area contributed by atoms with Gasteiger partial charge in [-0.15, -0.1) is 0 Å². The Morgan fingerprint density at radius 3 is 2.67 bits per heavy atom. The Labute approximate surface area is 198 Å². The van der Waals surface area contributed by atoms with Crippen molar-refractivity contribution in [2.75, 3.05) is 11.6 Å². The fourth-order valence-corrected chi connectivity index (χ4v) is 5.76. The maximum Gasteiger partial charge on any atom is 0.329 e. The van der Waals surface area contributed by atoms with Gasteiger partial charge in [0, 0.05) is 6.26 Å². The molecule has 0 spiro atoms. The lowest BCUT2D eigenvalue weighted by Crippen LogP contribution is -2.43. The van der Waals surface area contributed by atoms with Crippen LogP contribution >= 0.6 is 22.9 Å². The van der Waals surface area contributed by atoms with Crippen molar-refractivity contribution in [3.63, 3.8) is 0 Å². The zero-order valence-corrected chi connectivity index (χ0v) is 20.2. The first-order valence-electron chi connectivity index (χ1n) is 10.5. The number of anilines is 1. The number of hydrogen-bond donors (Lipinski definition) is 2. The van der Waals surface area contributed by atoms with Gasteiger partial charge in [-0.3, -0.25) is 9.59 Å². The minimum Gasteiger partial charge on any atom is -0.307 e. The highest BCUT2D eigenvalue weighted by Gasteiger charge is 2.29. The number of nitrogens with zero attached hydrogens (tertiary/aromatic N) is 2. The number of carbonyl (C=O) groups is 1. The van der Waals surface area contributed by atoms with Crippen LogP contribution in [0.3, 0.4) is 0 Å². The van der Waals surface area contributed by atoms with Gasteiger partial charge in [0.25, 0.3) is 5.56 Å². The van der Waals surface area contributed by atoms with Gasteiger partial charge in [0.1, 0.15) is 10.4 Å². The molecule has 1 atom stereocenters. The van der Waals surface area contributed by atoms with Crippen molar-refractivity contribution >= 4 is 54.7 Å². The minimum absolute atomic E-state index is 0.0139. The predicted octanol–water partition coefficient (Wildman–Crippen LogP) is 3.35. The molecule has 1 aliphatic carbocycles. The molecule has 1 aromatic carbocycles. The quantitative estimate of drug-likeness (QED) is 0.522. The molecule has 0 aliphatic heterocycles. The summed E-state index contributed by atoms with van der Waals surface area (Å²) in [5.41, 5.74) is -1.32. The molecule has 0 saturated heterocycles. The van der Waals surface area contributed by atoms with Crippen LogP contribution in [0.25, 0.3) is 10.9 Å². The molecule has 4 rings (SSSR count). The molecular formula is C21H23ClN4O5S2. The van der Waals surface area contributed by atoms with E-state index in [9.17, 15) is 22.8 Å². The number of thiazole rings is 1. The third-order valence-electron chi connectivity index (χ3n) is 5.93. The van der Waals surface area contributed by atoms with Crippen molar-refractivity contribution in [1.82, 2.24) is 14.5 Å². The summed E-state index contributed by atoms with van der Waals surface area (Å²) in [6, 6.07) is 2.88. The zero-order chi connectivity index (χ0) is 23.8. The maximum absolute atomic E-state index is 13.3. The second kappa shape index (κ2) is 9.40. The minimum atomic E-state index is -3.52. The third-order valence-corrected chi connectivity index (χ3v) is 8.07. The van der Waals surface area contributed by atoms with Crippen LogP contribution in [0.2, 0.25) is 4.34 Å². The maximum atomic E-state index is 13.3. The Morgan fingerprint density at radius 1 is 1.30 bits per heavy atom. The summed E-state index contributed by atoms with van der Waals surface area (Å²) in [7, 11) is -3.52. The van der Waals surface area contributed by atoms with Gasteiger partial charge in [0.05, 0.1) is 22.0 Å². The van der Waals surface area contributed by atoms with Crippen LogP contribution < -0.4 is 16.6 Å². The average Bonchev–Trinajstić information content (AvgIpc) is 3.17. The summed E-state index contributed by atoms with van der Waals surface area (Å²) in [6.45, 7) is 0. The summed E-state index contributed by atoms with van der Waals surface area (Å²) in [6.07, 6.45) is 7.84. The normalized spacial score (nSPS) is 16.1. The number of fused-ring (bicyclic) bond motifs is 1. The molecule has 1 aliphatic rings. The number of aromatic amines is 1. The molecule has 1 unspecified atom stereocenters. The number of amides is 1. The molecule has 2 N–H and O–H groups in total. The molecule has 12 heteroatoms. The number of aromatic nitrogens is 3. The Morgan fingerprint density at radius 2 is 2.03 bits per heavy atom. The van der Waals surface area contributed by atoms with E-state index in [2.05, 4.69) is 15.3 Å². The van der Waals surface area contributed by atoms with Crippen molar-refractivity contribution in [2.24, 2.45) is 5.92 Å². The molecule has 2 aromatic heterocycles. The number of rotatable bonds is 6. The van der Waals surface area contributed by atoms with Gasteiger partial charge in [-0.1, -0.05) is 55.0 Å². The topological polar surface area (TPSA) is 131 Å². The monoisotopic (exact) mass is 510 g/mol. The lowest BCUT2D eigenvalue weighted by atomic mass is 9.84. The van der Waals surface area contributed by atoms with Gasteiger partial charge in [-0.25, -0.2) is 22.8 Å². The standard InChI is InChI=1S/C21H23ClN4O5S2/c1-33(30,31)13-7-8-14-15(10-13)24-21(29)26(19(14)28)16(9-12-5-3-2-4-6-12)18(27)25-20-23-11-17(22)32-20/h7-8,10-12,16H,2-6,9H2,1H3,(H,24,29)(H,23,25,27). The fraction of sp³-hybridized carbons (Fsp3) is 0.429. The Hall–Kier alpha value is -2.50. The summed E-state index contributed by atoms with van der Waals surface area (Å²) in [5.74, 6) is -0.324. The van der Waals surface area contributed by atoms with Gasteiger partial charge in [-0.05, 0) is 30.5 Å². The molecule has 3 aromatic rings. The zero-order valence-electron chi connectivity index (χ0n) is 17.8. The highest BCUT2D eigenvalue weighted by molar-refractivity contribution is 7.90. The van der Waals surface area contributed by atoms with Gasteiger partial charge >= 0.3 is 5.69 Å². The highest BCUT2D eigenvalue weighted by atomic mass is 35.5. The van der Waals surface area contributed by atoms with Gasteiger partial charge in [0.2, 0.25) is 5.91 Å². The van der Waals surface area contributed by atoms with Crippen molar-refractivity contribution in [3.8, 4) is 0 Å². The number of halogens is 1. The van der Waals surface area contributed by atoms with E-state index in [0.29, 0.717) is 10.8 Å². The van der Waals surface area contributed by atoms with E-state index in [1.54, 1.807) is 0 Å². The van der Waals surface area contributed by atoms with E-state index in [-0.39, 0.29) is 26.8 Å². The second-order valence-electron chi connectivity index (χ2n) is 8.30. The summed E-state index contributed by atoms with van der Waals surface area (Å²) in [4.78, 5) is 46.2. The summed E-state index contributed by atoms with van der Waals surface area (Å²) in [5, 5.41) is 3.08. The SMILES string of the molecule is CS(=O)(=O)c1ccc2c(=O)n(C(CC3CCCCC3)C(=O)Nc3ncc(Cl)s3)c(=O)[nH]c2c1. The summed E-state index contributed by atoms with van der Waals surface area (Å²) >= 11 is 6.99. The van der Waals surface area contributed by atoms with Gasteiger partial charge in [-0.2, -0.15) is 0 Å². The van der Waals surface area contributed by atoms with Crippen LogP contribution in [-0.2, 0) is 14.6 Å². The van der Waals surface area contributed by atoms with Crippen molar-refractivity contribution < 1.29 is 13.2 Å². The smallest absolute Gasteiger partial charge is 0.307 e. The number of H-pyrrole nitrogens is 1. The molecule has 2 heterocycles. The molecule has 1 amide bonds. The lowest BCUT2D eigenvalue weighted by molar-refractivity contribution is -0.120. The van der Waals surface area contributed by atoms with E-state index in [0.717, 1.165) is 54.3 Å². The highest BCUT2D eigenvalue weighted by Crippen LogP contribution is 2.31. The largest absolute Gasteiger partial charge is 0.329 e. The van der Waals surface area contributed by atoms with Crippen LogP contribution in [-0.4, -0.2) is 35.1 Å². The first kappa shape index (κ1) is 23.7. The van der Waals surface area contributed by atoms with Gasteiger partial charge < -0.3 is 10.3 Å². The van der Waals surface area contributed by atoms with E-state index in [1.807, 2.05) is 0 Å². The third kappa shape index (κ3) is 5.20. The van der Waals surface area contributed by atoms with Crippen LogP contribution in [0, 0.1) is 5.92 Å². The van der Waals surface area contributed by atoms with Crippen LogP contribution in [0.1, 0.15) is 44.6 Å². The number of hydrogen-bond acceptors (Lipinski definition) is 7. The molecule has 0 bridgehead atoms. The number of nitrogens with one attached hydrogen (secondary N) is 2. The molecule has 176 valence electrons. The molecule has 33 heavy (non-hydrogen) atoms. The number of benzene rings is 1. The van der Waals surface area contributed by atoms with Crippen LogP contribution in [0.5, 0.6) is 0 Å². The molecule has 1 fully saturated rings. The van der Waals surface area contributed by atoms with Crippen molar-refractivity contribution in [3.05, 3.63) is 49.6 Å². The molecular weight excluding hydrogens is 488 g/mol. The van der Waals surface area contributed by atoms with Crippen LogP contribution in [0.4, 0.5) is 5.13 Å². The van der Waals surface area contributed by atoms with E-state index in [1.165, 1.54) is 24.4 Å². The first-order chi connectivity index (χ1) is 15.6. The molecule has 9 nitrogen and oxygen atoms in total. The number of carbonyl (C=O) groups excluding carboxylic acids is 1. The average molecular weight is 511 g/mol. The Kier molecular flexibility index (Phi) is 6.73. The predicted molar refractivity (Wildman–Crippen MR) is 128 cm³/mol. The van der Waals surface area contributed by atoms with Crippen LogP contribution in [0.15, 0.2) is 38.9 Å². The lowest BCUT2D eigenvalue weighted by Gasteiger charge is -2.26. The van der Waals surface area contributed by atoms with E-state index in [4.69, 9.17) is 11.6 Å². The molecule has 1 saturated carbocycles. The van der Waals surface area contributed by atoms with E-state index < -0.39 is 33.0 Å². The molecule has 0 radical (unpaired) electrons. The second-order valence-corrected chi connectivity index (χ2v) is 12.0.